The number of halogens is 2. The molecule has 0 aromatic heterocycles. The fourth-order valence-corrected chi connectivity index (χ4v) is 4.62. The maximum atomic E-state index is 14.9. The standard InChI is InChI=1S/C16H18B2F2P4/c1-4(2)6-11(19)10(18)7(15(23)14(6)22)8-12(20)9(17)5(3)13(21)16(8)24/h4H,21-24H2,1-3H3. The Morgan fingerprint density at radius 3 is 1.75 bits per heavy atom. The van der Waals surface area contributed by atoms with Crippen molar-refractivity contribution in [2.75, 3.05) is 0 Å². The molecule has 4 atom stereocenters. The van der Waals surface area contributed by atoms with Crippen LogP contribution in [0.2, 0.25) is 0 Å². The molecule has 2 rings (SSSR count). The van der Waals surface area contributed by atoms with Crippen LogP contribution >= 0.6 is 37.0 Å². The Hall–Kier alpha value is 0.150. The Balaban J connectivity index is 3.01. The highest BCUT2D eigenvalue weighted by Gasteiger charge is 2.25. The van der Waals surface area contributed by atoms with E-state index in [1.54, 1.807) is 6.92 Å². The summed E-state index contributed by atoms with van der Waals surface area (Å²) in [6, 6.07) is 0. The van der Waals surface area contributed by atoms with Gasteiger partial charge in [-0.1, -0.05) is 24.8 Å². The van der Waals surface area contributed by atoms with Gasteiger partial charge in [-0.3, -0.25) is 0 Å². The van der Waals surface area contributed by atoms with Crippen molar-refractivity contribution in [1.82, 2.24) is 0 Å². The predicted octanol–water partition coefficient (Wildman–Crippen LogP) is 0.653. The molecule has 24 heavy (non-hydrogen) atoms. The Kier molecular flexibility index (Phi) is 6.32. The predicted molar refractivity (Wildman–Crippen MR) is 119 cm³/mol. The molecule has 4 radical (unpaired) electrons. The van der Waals surface area contributed by atoms with Gasteiger partial charge >= 0.3 is 0 Å². The molecular weight excluding hydrogens is 376 g/mol. The molecule has 0 bridgehead atoms. The van der Waals surface area contributed by atoms with Crippen LogP contribution in [0.3, 0.4) is 0 Å². The average molecular weight is 394 g/mol. The first kappa shape index (κ1) is 20.5. The Labute approximate surface area is 154 Å². The maximum absolute atomic E-state index is 14.9. The molecule has 8 heteroatoms. The fraction of sp³-hybridized carbons (Fsp3) is 0.250. The van der Waals surface area contributed by atoms with E-state index in [0.29, 0.717) is 32.6 Å². The van der Waals surface area contributed by atoms with Crippen molar-refractivity contribution in [2.24, 2.45) is 0 Å². The summed E-state index contributed by atoms with van der Waals surface area (Å²) in [7, 11) is 22.1. The van der Waals surface area contributed by atoms with E-state index in [4.69, 9.17) is 15.7 Å². The van der Waals surface area contributed by atoms with E-state index >= 15 is 0 Å². The zero-order chi connectivity index (χ0) is 18.5. The van der Waals surface area contributed by atoms with Gasteiger partial charge in [-0.2, -0.15) is 0 Å². The van der Waals surface area contributed by atoms with E-state index < -0.39 is 11.6 Å². The lowest BCUT2D eigenvalue weighted by Crippen LogP contribution is -2.37. The molecule has 0 aliphatic rings. The molecule has 2 aromatic rings. The summed E-state index contributed by atoms with van der Waals surface area (Å²) >= 11 is 0. The highest BCUT2D eigenvalue weighted by Crippen LogP contribution is 2.25. The first-order chi connectivity index (χ1) is 11.0. The molecule has 0 N–H and O–H groups in total. The highest BCUT2D eigenvalue weighted by molar-refractivity contribution is 7.37. The molecule has 0 saturated carbocycles. The van der Waals surface area contributed by atoms with Crippen molar-refractivity contribution in [3.63, 3.8) is 0 Å². The van der Waals surface area contributed by atoms with Crippen molar-refractivity contribution in [3.05, 3.63) is 22.8 Å². The molecular formula is C16H18B2F2P4. The van der Waals surface area contributed by atoms with E-state index in [0.717, 1.165) is 5.30 Å². The fourth-order valence-electron chi connectivity index (χ4n) is 2.78. The SMILES string of the molecule is [B]c1c(C)c(P)c(P)c(-c2c([B])c(F)c(C(C)C)c(P)c2P)c1F. The maximum Gasteiger partial charge on any atom is 0.124 e. The van der Waals surface area contributed by atoms with Crippen LogP contribution in [-0.4, -0.2) is 15.7 Å². The van der Waals surface area contributed by atoms with Gasteiger partial charge in [0.15, 0.2) is 0 Å². The normalized spacial score (nSPS) is 11.4. The van der Waals surface area contributed by atoms with Gasteiger partial charge in [-0.05, 0) is 50.8 Å². The third-order valence-corrected chi connectivity index (χ3v) is 7.47. The van der Waals surface area contributed by atoms with E-state index in [2.05, 4.69) is 37.0 Å². The van der Waals surface area contributed by atoms with Crippen molar-refractivity contribution in [1.29, 1.82) is 0 Å². The number of benzene rings is 2. The summed E-state index contributed by atoms with van der Waals surface area (Å²) in [5, 5.41) is 2.68. The molecule has 0 aliphatic heterocycles. The second-order valence-electron chi connectivity index (χ2n) is 6.05. The molecule has 0 heterocycles. The second-order valence-corrected chi connectivity index (χ2v) is 8.36. The van der Waals surface area contributed by atoms with Crippen LogP contribution in [0.1, 0.15) is 30.9 Å². The zero-order valence-corrected chi connectivity index (χ0v) is 18.4. The minimum Gasteiger partial charge on any atom is -0.207 e. The van der Waals surface area contributed by atoms with Crippen LogP contribution in [0.25, 0.3) is 11.1 Å². The third-order valence-electron chi connectivity index (χ3n) is 4.24. The summed E-state index contributed by atoms with van der Waals surface area (Å²) in [6.45, 7) is 5.52. The largest absolute Gasteiger partial charge is 0.207 e. The van der Waals surface area contributed by atoms with Crippen LogP contribution in [0.15, 0.2) is 0 Å². The summed E-state index contributed by atoms with van der Waals surface area (Å²) in [5.41, 5.74) is 1.68. The second kappa shape index (κ2) is 7.41. The molecule has 0 saturated heterocycles. The van der Waals surface area contributed by atoms with Gasteiger partial charge in [0, 0.05) is 5.56 Å². The molecule has 0 amide bonds. The van der Waals surface area contributed by atoms with Crippen LogP contribution in [0.4, 0.5) is 8.78 Å². The first-order valence-electron chi connectivity index (χ1n) is 7.30. The number of hydrogen-bond acceptors (Lipinski definition) is 0. The molecule has 0 aliphatic carbocycles. The minimum absolute atomic E-state index is 0.0450. The van der Waals surface area contributed by atoms with Gasteiger partial charge in [-0.15, -0.1) is 37.0 Å². The van der Waals surface area contributed by atoms with Crippen molar-refractivity contribution in [3.8, 4) is 11.1 Å². The van der Waals surface area contributed by atoms with E-state index in [1.165, 1.54) is 0 Å². The highest BCUT2D eigenvalue weighted by atomic mass is 31.0. The summed E-state index contributed by atoms with van der Waals surface area (Å²) in [5.74, 6) is -1.14. The molecule has 2 aromatic carbocycles. The number of hydrogen-bond donors (Lipinski definition) is 0. The Morgan fingerprint density at radius 1 is 0.750 bits per heavy atom. The Bertz CT molecular complexity index is 793. The van der Waals surface area contributed by atoms with E-state index in [1.807, 2.05) is 13.8 Å². The summed E-state index contributed by atoms with van der Waals surface area (Å²) < 4.78 is 29.8. The molecule has 0 spiro atoms. The van der Waals surface area contributed by atoms with Crippen molar-refractivity contribution in [2.45, 2.75) is 26.7 Å². The van der Waals surface area contributed by atoms with Gasteiger partial charge in [0.2, 0.25) is 0 Å². The quantitative estimate of drug-likeness (QED) is 0.519. The lowest BCUT2D eigenvalue weighted by atomic mass is 9.80. The molecule has 4 unspecified atom stereocenters. The van der Waals surface area contributed by atoms with E-state index in [-0.39, 0.29) is 22.4 Å². The summed E-state index contributed by atoms with van der Waals surface area (Å²) in [6.07, 6.45) is 0. The molecule has 122 valence electrons. The molecule has 0 fully saturated rings. The van der Waals surface area contributed by atoms with Gasteiger partial charge in [-0.25, -0.2) is 8.78 Å². The first-order valence-corrected chi connectivity index (χ1v) is 9.61. The van der Waals surface area contributed by atoms with Crippen molar-refractivity contribution < 1.29 is 8.78 Å². The third kappa shape index (κ3) is 3.14. The van der Waals surface area contributed by atoms with Gasteiger partial charge in [0.05, 0.1) is 0 Å². The summed E-state index contributed by atoms with van der Waals surface area (Å²) in [4.78, 5) is 0. The number of rotatable bonds is 2. The average Bonchev–Trinajstić information content (AvgIpc) is 2.52. The van der Waals surface area contributed by atoms with Crippen molar-refractivity contribution >= 4 is 84.8 Å². The molecule has 0 nitrogen and oxygen atoms in total. The van der Waals surface area contributed by atoms with Crippen LogP contribution in [0.5, 0.6) is 0 Å². The minimum atomic E-state index is -0.583. The lowest BCUT2D eigenvalue weighted by molar-refractivity contribution is 0.609. The van der Waals surface area contributed by atoms with Gasteiger partial charge < -0.3 is 0 Å². The topological polar surface area (TPSA) is 0 Å². The van der Waals surface area contributed by atoms with Gasteiger partial charge in [0.1, 0.15) is 27.3 Å². The lowest BCUT2D eigenvalue weighted by Gasteiger charge is -2.24. The van der Waals surface area contributed by atoms with Crippen LogP contribution in [-0.2, 0) is 0 Å². The van der Waals surface area contributed by atoms with E-state index in [9.17, 15) is 8.78 Å². The van der Waals surface area contributed by atoms with Crippen LogP contribution in [0, 0.1) is 18.6 Å². The Morgan fingerprint density at radius 2 is 1.25 bits per heavy atom. The zero-order valence-electron chi connectivity index (χ0n) is 13.8. The van der Waals surface area contributed by atoms with Crippen LogP contribution < -0.4 is 32.1 Å². The smallest absolute Gasteiger partial charge is 0.124 e. The monoisotopic (exact) mass is 394 g/mol. The van der Waals surface area contributed by atoms with Gasteiger partial charge in [0.25, 0.3) is 0 Å².